The molecule has 6 nitrogen and oxygen atoms in total. The lowest BCUT2D eigenvalue weighted by atomic mass is 9.88. The molecule has 4 rings (SSSR count). The summed E-state index contributed by atoms with van der Waals surface area (Å²) >= 11 is 0. The van der Waals surface area contributed by atoms with Crippen molar-refractivity contribution in [1.82, 2.24) is 5.32 Å². The Hall–Kier alpha value is -3.15. The van der Waals surface area contributed by atoms with Crippen LogP contribution in [0.3, 0.4) is 0 Å². The Morgan fingerprint density at radius 3 is 2.76 bits per heavy atom. The van der Waals surface area contributed by atoms with Crippen molar-refractivity contribution in [3.05, 3.63) is 65.2 Å². The van der Waals surface area contributed by atoms with Crippen LogP contribution in [0, 0.1) is 0 Å². The number of nitrogens with one attached hydrogen (secondary N) is 1. The van der Waals surface area contributed by atoms with Crippen molar-refractivity contribution in [2.45, 2.75) is 38.1 Å². The van der Waals surface area contributed by atoms with Gasteiger partial charge in [-0.1, -0.05) is 30.3 Å². The van der Waals surface area contributed by atoms with Crippen molar-refractivity contribution in [3.63, 3.8) is 0 Å². The summed E-state index contributed by atoms with van der Waals surface area (Å²) in [5.74, 6) is -0.828. The normalized spacial score (nSPS) is 18.3. The molecule has 29 heavy (non-hydrogen) atoms. The lowest BCUT2D eigenvalue weighted by Crippen LogP contribution is -2.34. The lowest BCUT2D eigenvalue weighted by molar-refractivity contribution is -0.125. The standard InChI is InChI=1S/C23H24N2O4/c26-21(24-20-11-4-7-16-6-1-2-10-19(16)20)15-29-23(28)17-8-3-9-18(14-17)25-13-5-12-22(25)27/h1-3,6,8-10,14,20H,4-5,7,11-13,15H2,(H,24,26)/t20-/m0/s1. The number of carbonyl (C=O) groups excluding carboxylic acids is 3. The molecule has 1 N–H and O–H groups in total. The first-order chi connectivity index (χ1) is 14.1. The second-order valence-electron chi connectivity index (χ2n) is 7.49. The van der Waals surface area contributed by atoms with Crippen molar-refractivity contribution >= 4 is 23.5 Å². The van der Waals surface area contributed by atoms with Crippen LogP contribution in [0.5, 0.6) is 0 Å². The summed E-state index contributed by atoms with van der Waals surface area (Å²) in [5, 5.41) is 2.97. The molecule has 1 aliphatic heterocycles. The monoisotopic (exact) mass is 392 g/mol. The summed E-state index contributed by atoms with van der Waals surface area (Å²) in [6, 6.07) is 14.8. The van der Waals surface area contributed by atoms with Crippen molar-refractivity contribution in [2.75, 3.05) is 18.1 Å². The number of anilines is 1. The van der Waals surface area contributed by atoms with Crippen LogP contribution in [0.1, 0.15) is 53.2 Å². The van der Waals surface area contributed by atoms with Crippen LogP contribution in [0.15, 0.2) is 48.5 Å². The summed E-state index contributed by atoms with van der Waals surface area (Å²) in [5.41, 5.74) is 3.42. The van der Waals surface area contributed by atoms with Gasteiger partial charge in [-0.3, -0.25) is 9.59 Å². The Labute approximate surface area is 169 Å². The van der Waals surface area contributed by atoms with Gasteiger partial charge in [0.25, 0.3) is 5.91 Å². The zero-order valence-electron chi connectivity index (χ0n) is 16.2. The smallest absolute Gasteiger partial charge is 0.338 e. The maximum atomic E-state index is 12.4. The first kappa shape index (κ1) is 19.2. The number of aryl methyl sites for hydroxylation is 1. The average molecular weight is 392 g/mol. The van der Waals surface area contributed by atoms with Gasteiger partial charge in [-0.05, 0) is 55.0 Å². The summed E-state index contributed by atoms with van der Waals surface area (Å²) in [6.45, 7) is 0.326. The van der Waals surface area contributed by atoms with Gasteiger partial charge in [0.05, 0.1) is 11.6 Å². The highest BCUT2D eigenvalue weighted by atomic mass is 16.5. The molecule has 0 bridgehead atoms. The quantitative estimate of drug-likeness (QED) is 0.793. The minimum absolute atomic E-state index is 0.0457. The summed E-state index contributed by atoms with van der Waals surface area (Å²) in [6.07, 6.45) is 4.26. The van der Waals surface area contributed by atoms with E-state index in [0.29, 0.717) is 24.2 Å². The zero-order chi connectivity index (χ0) is 20.2. The molecule has 0 unspecified atom stereocenters. The molecule has 2 aromatic rings. The van der Waals surface area contributed by atoms with Gasteiger partial charge in [-0.25, -0.2) is 4.79 Å². The molecule has 2 amide bonds. The topological polar surface area (TPSA) is 75.7 Å². The highest BCUT2D eigenvalue weighted by Gasteiger charge is 2.24. The van der Waals surface area contributed by atoms with Crippen LogP contribution in [0.4, 0.5) is 5.69 Å². The minimum Gasteiger partial charge on any atom is -0.452 e. The molecule has 1 fully saturated rings. The maximum absolute atomic E-state index is 12.4. The van der Waals surface area contributed by atoms with Gasteiger partial charge in [0, 0.05) is 18.7 Å². The van der Waals surface area contributed by atoms with E-state index in [4.69, 9.17) is 4.74 Å². The number of hydrogen-bond donors (Lipinski definition) is 1. The Kier molecular flexibility index (Phi) is 5.60. The van der Waals surface area contributed by atoms with Crippen LogP contribution < -0.4 is 10.2 Å². The third kappa shape index (κ3) is 4.31. The molecule has 0 saturated carbocycles. The van der Waals surface area contributed by atoms with Crippen LogP contribution >= 0.6 is 0 Å². The second kappa shape index (κ2) is 8.47. The molecule has 1 saturated heterocycles. The fourth-order valence-electron chi connectivity index (χ4n) is 4.08. The van der Waals surface area contributed by atoms with E-state index in [9.17, 15) is 14.4 Å². The highest BCUT2D eigenvalue weighted by molar-refractivity contribution is 5.97. The molecule has 0 radical (unpaired) electrons. The summed E-state index contributed by atoms with van der Waals surface area (Å²) in [4.78, 5) is 38.3. The van der Waals surface area contributed by atoms with Crippen LogP contribution in [-0.4, -0.2) is 30.9 Å². The number of amides is 2. The first-order valence-electron chi connectivity index (χ1n) is 10.1. The molecule has 1 heterocycles. The van der Waals surface area contributed by atoms with Crippen LogP contribution in [0.2, 0.25) is 0 Å². The van der Waals surface area contributed by atoms with Gasteiger partial charge >= 0.3 is 5.97 Å². The van der Waals surface area contributed by atoms with Crippen molar-refractivity contribution in [1.29, 1.82) is 0 Å². The van der Waals surface area contributed by atoms with E-state index < -0.39 is 5.97 Å². The average Bonchev–Trinajstić information content (AvgIpc) is 3.18. The maximum Gasteiger partial charge on any atom is 0.338 e. The van der Waals surface area contributed by atoms with E-state index in [1.54, 1.807) is 29.2 Å². The fraction of sp³-hybridized carbons (Fsp3) is 0.348. The highest BCUT2D eigenvalue weighted by Crippen LogP contribution is 2.29. The number of fused-ring (bicyclic) bond motifs is 1. The van der Waals surface area contributed by atoms with Gasteiger partial charge in [0.2, 0.25) is 5.91 Å². The number of esters is 1. The molecule has 2 aliphatic rings. The first-order valence-corrected chi connectivity index (χ1v) is 10.1. The predicted octanol–water partition coefficient (Wildman–Crippen LogP) is 3.16. The van der Waals surface area contributed by atoms with Crippen molar-refractivity contribution in [2.24, 2.45) is 0 Å². The summed E-state index contributed by atoms with van der Waals surface area (Å²) in [7, 11) is 0. The molecule has 2 aromatic carbocycles. The summed E-state index contributed by atoms with van der Waals surface area (Å²) < 4.78 is 5.21. The molecular weight excluding hydrogens is 368 g/mol. The molecule has 0 spiro atoms. The van der Waals surface area contributed by atoms with Crippen LogP contribution in [0.25, 0.3) is 0 Å². The molecule has 1 aliphatic carbocycles. The molecule has 0 aromatic heterocycles. The van der Waals surface area contributed by atoms with E-state index in [2.05, 4.69) is 11.4 Å². The molecule has 150 valence electrons. The van der Waals surface area contributed by atoms with Crippen molar-refractivity contribution < 1.29 is 19.1 Å². The Balaban J connectivity index is 1.34. The van der Waals surface area contributed by atoms with E-state index in [0.717, 1.165) is 31.2 Å². The van der Waals surface area contributed by atoms with Gasteiger partial charge < -0.3 is 15.0 Å². The fourth-order valence-corrected chi connectivity index (χ4v) is 4.08. The lowest BCUT2D eigenvalue weighted by Gasteiger charge is -2.26. The third-order valence-corrected chi connectivity index (χ3v) is 5.51. The largest absolute Gasteiger partial charge is 0.452 e. The van der Waals surface area contributed by atoms with E-state index in [-0.39, 0.29) is 24.5 Å². The number of rotatable bonds is 5. The number of carbonyl (C=O) groups is 3. The number of nitrogens with zero attached hydrogens (tertiary/aromatic N) is 1. The Morgan fingerprint density at radius 1 is 1.07 bits per heavy atom. The van der Waals surface area contributed by atoms with Gasteiger partial charge in [-0.15, -0.1) is 0 Å². The molecule has 6 heteroatoms. The molecular formula is C23H24N2O4. The van der Waals surface area contributed by atoms with Gasteiger partial charge in [0.1, 0.15) is 0 Å². The van der Waals surface area contributed by atoms with Crippen molar-refractivity contribution in [3.8, 4) is 0 Å². The van der Waals surface area contributed by atoms with Gasteiger partial charge in [-0.2, -0.15) is 0 Å². The van der Waals surface area contributed by atoms with Gasteiger partial charge in [0.15, 0.2) is 6.61 Å². The van der Waals surface area contributed by atoms with E-state index in [1.165, 1.54) is 5.56 Å². The Bertz CT molecular complexity index is 940. The number of benzene rings is 2. The van der Waals surface area contributed by atoms with E-state index in [1.807, 2.05) is 18.2 Å². The van der Waals surface area contributed by atoms with E-state index >= 15 is 0 Å². The number of hydrogen-bond acceptors (Lipinski definition) is 4. The number of ether oxygens (including phenoxy) is 1. The zero-order valence-corrected chi connectivity index (χ0v) is 16.2. The molecule has 1 atom stereocenters. The Morgan fingerprint density at radius 2 is 1.93 bits per heavy atom. The SMILES string of the molecule is O=C(COC(=O)c1cccc(N2CCCC2=O)c1)N[C@H]1CCCc2ccccc21. The second-order valence-corrected chi connectivity index (χ2v) is 7.49. The van der Waals surface area contributed by atoms with Crippen LogP contribution in [-0.2, 0) is 20.7 Å². The predicted molar refractivity (Wildman–Crippen MR) is 109 cm³/mol. The third-order valence-electron chi connectivity index (χ3n) is 5.51. The minimum atomic E-state index is -0.572.